The molecular formula is C11H18N2O2. The molecule has 1 heterocycles. The van der Waals surface area contributed by atoms with Crippen LogP contribution in [0.2, 0.25) is 0 Å². The Morgan fingerprint density at radius 1 is 1.47 bits per heavy atom. The highest BCUT2D eigenvalue weighted by atomic mass is 16.2. The molecule has 0 bridgehead atoms. The molecule has 4 nitrogen and oxygen atoms in total. The zero-order valence-corrected chi connectivity index (χ0v) is 9.08. The van der Waals surface area contributed by atoms with E-state index in [1.165, 1.54) is 0 Å². The van der Waals surface area contributed by atoms with E-state index in [1.54, 1.807) is 0 Å². The summed E-state index contributed by atoms with van der Waals surface area (Å²) < 4.78 is 0. The van der Waals surface area contributed by atoms with E-state index in [9.17, 15) is 9.59 Å². The van der Waals surface area contributed by atoms with Gasteiger partial charge in [0.2, 0.25) is 11.8 Å². The van der Waals surface area contributed by atoms with Crippen molar-refractivity contribution in [3.05, 3.63) is 0 Å². The summed E-state index contributed by atoms with van der Waals surface area (Å²) in [6, 6.07) is 0.380. The molecule has 0 spiro atoms. The average molecular weight is 210 g/mol. The van der Waals surface area contributed by atoms with E-state index in [4.69, 9.17) is 0 Å². The van der Waals surface area contributed by atoms with Crippen molar-refractivity contribution < 1.29 is 9.59 Å². The van der Waals surface area contributed by atoms with E-state index >= 15 is 0 Å². The average Bonchev–Trinajstić information content (AvgIpc) is 2.16. The van der Waals surface area contributed by atoms with Gasteiger partial charge in [0, 0.05) is 19.0 Å². The Kier molecular flexibility index (Phi) is 2.93. The van der Waals surface area contributed by atoms with Crippen molar-refractivity contribution in [1.82, 2.24) is 10.6 Å². The standard InChI is InChI=1S/C11H18N2O2/c1-7-4-9(5-7)13-11(15)8-2-3-10(14)12-6-8/h7-9H,2-6H2,1H3,(H,12,14)(H,13,15). The monoisotopic (exact) mass is 210 g/mol. The van der Waals surface area contributed by atoms with Gasteiger partial charge >= 0.3 is 0 Å². The zero-order valence-electron chi connectivity index (χ0n) is 9.08. The Labute approximate surface area is 89.8 Å². The maximum atomic E-state index is 11.8. The molecule has 0 radical (unpaired) electrons. The van der Waals surface area contributed by atoms with Crippen LogP contribution in [-0.4, -0.2) is 24.4 Å². The van der Waals surface area contributed by atoms with Gasteiger partial charge in [-0.1, -0.05) is 6.92 Å². The van der Waals surface area contributed by atoms with Crippen LogP contribution in [0.1, 0.15) is 32.6 Å². The summed E-state index contributed by atoms with van der Waals surface area (Å²) in [6.07, 6.45) is 3.38. The first-order chi connectivity index (χ1) is 7.15. The minimum absolute atomic E-state index is 0.0152. The molecule has 1 saturated carbocycles. The van der Waals surface area contributed by atoms with E-state index < -0.39 is 0 Å². The van der Waals surface area contributed by atoms with Gasteiger partial charge in [-0.25, -0.2) is 0 Å². The predicted octanol–water partition coefficient (Wildman–Crippen LogP) is 0.427. The highest BCUT2D eigenvalue weighted by Crippen LogP contribution is 2.26. The first-order valence-electron chi connectivity index (χ1n) is 5.72. The minimum Gasteiger partial charge on any atom is -0.355 e. The van der Waals surface area contributed by atoms with Crippen LogP contribution in [0.3, 0.4) is 0 Å². The highest BCUT2D eigenvalue weighted by molar-refractivity contribution is 5.83. The first kappa shape index (κ1) is 10.5. The Hall–Kier alpha value is -1.06. The maximum Gasteiger partial charge on any atom is 0.225 e. The van der Waals surface area contributed by atoms with Crippen molar-refractivity contribution >= 4 is 11.8 Å². The molecular weight excluding hydrogens is 192 g/mol. The fraction of sp³-hybridized carbons (Fsp3) is 0.818. The van der Waals surface area contributed by atoms with Crippen LogP contribution in [0.4, 0.5) is 0 Å². The van der Waals surface area contributed by atoms with Gasteiger partial charge in [-0.3, -0.25) is 9.59 Å². The number of piperidine rings is 1. The van der Waals surface area contributed by atoms with Gasteiger partial charge in [-0.15, -0.1) is 0 Å². The molecule has 1 unspecified atom stereocenters. The number of hydrogen-bond donors (Lipinski definition) is 2. The number of hydrogen-bond acceptors (Lipinski definition) is 2. The lowest BCUT2D eigenvalue weighted by atomic mass is 9.81. The SMILES string of the molecule is CC1CC(NC(=O)C2CCC(=O)NC2)C1. The van der Waals surface area contributed by atoms with Gasteiger partial charge < -0.3 is 10.6 Å². The van der Waals surface area contributed by atoms with E-state index in [1.807, 2.05) is 0 Å². The van der Waals surface area contributed by atoms with Crippen LogP contribution >= 0.6 is 0 Å². The molecule has 2 rings (SSSR count). The molecule has 2 fully saturated rings. The smallest absolute Gasteiger partial charge is 0.225 e. The lowest BCUT2D eigenvalue weighted by Crippen LogP contribution is -2.49. The van der Waals surface area contributed by atoms with E-state index in [2.05, 4.69) is 17.6 Å². The summed E-state index contributed by atoms with van der Waals surface area (Å²) in [5.74, 6) is 0.920. The maximum absolute atomic E-state index is 11.8. The first-order valence-corrected chi connectivity index (χ1v) is 5.72. The summed E-state index contributed by atoms with van der Waals surface area (Å²) in [6.45, 7) is 2.70. The quantitative estimate of drug-likeness (QED) is 0.694. The van der Waals surface area contributed by atoms with Crippen molar-refractivity contribution in [2.45, 2.75) is 38.6 Å². The molecule has 1 atom stereocenters. The van der Waals surface area contributed by atoms with Gasteiger partial charge in [0.1, 0.15) is 0 Å². The molecule has 0 aromatic carbocycles. The highest BCUT2D eigenvalue weighted by Gasteiger charge is 2.30. The topological polar surface area (TPSA) is 58.2 Å². The molecule has 1 saturated heterocycles. The van der Waals surface area contributed by atoms with E-state index in [0.29, 0.717) is 25.4 Å². The van der Waals surface area contributed by atoms with Crippen LogP contribution in [0.25, 0.3) is 0 Å². The molecule has 0 aromatic rings. The van der Waals surface area contributed by atoms with Crippen molar-refractivity contribution in [3.8, 4) is 0 Å². The number of carbonyl (C=O) groups excluding carboxylic acids is 2. The molecule has 1 aliphatic heterocycles. The molecule has 0 aromatic heterocycles. The van der Waals surface area contributed by atoms with Gasteiger partial charge in [-0.05, 0) is 25.2 Å². The van der Waals surface area contributed by atoms with Crippen molar-refractivity contribution in [2.24, 2.45) is 11.8 Å². The normalized spacial score (nSPS) is 35.3. The number of carbonyl (C=O) groups is 2. The van der Waals surface area contributed by atoms with E-state index in [0.717, 1.165) is 18.8 Å². The Morgan fingerprint density at radius 2 is 2.20 bits per heavy atom. The van der Waals surface area contributed by atoms with Gasteiger partial charge in [0.15, 0.2) is 0 Å². The van der Waals surface area contributed by atoms with Gasteiger partial charge in [0.25, 0.3) is 0 Å². The fourth-order valence-electron chi connectivity index (χ4n) is 2.30. The van der Waals surface area contributed by atoms with Crippen molar-refractivity contribution in [1.29, 1.82) is 0 Å². The number of rotatable bonds is 2. The molecule has 2 amide bonds. The Morgan fingerprint density at radius 3 is 2.73 bits per heavy atom. The van der Waals surface area contributed by atoms with Crippen molar-refractivity contribution in [2.75, 3.05) is 6.54 Å². The minimum atomic E-state index is -0.0152. The third kappa shape index (κ3) is 2.49. The predicted molar refractivity (Wildman–Crippen MR) is 56.1 cm³/mol. The molecule has 2 N–H and O–H groups in total. The zero-order chi connectivity index (χ0) is 10.8. The summed E-state index contributed by atoms with van der Waals surface area (Å²) in [5, 5.41) is 5.77. The second kappa shape index (κ2) is 4.21. The van der Waals surface area contributed by atoms with Crippen LogP contribution in [0.5, 0.6) is 0 Å². The molecule has 4 heteroatoms. The molecule has 15 heavy (non-hydrogen) atoms. The molecule has 1 aliphatic carbocycles. The van der Waals surface area contributed by atoms with Crippen molar-refractivity contribution in [3.63, 3.8) is 0 Å². The Balaban J connectivity index is 1.74. The second-order valence-electron chi connectivity index (χ2n) is 4.82. The largest absolute Gasteiger partial charge is 0.355 e. The van der Waals surface area contributed by atoms with Crippen LogP contribution in [0.15, 0.2) is 0 Å². The Bertz CT molecular complexity index is 262. The van der Waals surface area contributed by atoms with E-state index in [-0.39, 0.29) is 17.7 Å². The van der Waals surface area contributed by atoms with Gasteiger partial charge in [-0.2, -0.15) is 0 Å². The third-order valence-corrected chi connectivity index (χ3v) is 3.36. The van der Waals surface area contributed by atoms with Crippen LogP contribution in [0, 0.1) is 11.8 Å². The fourth-order valence-corrected chi connectivity index (χ4v) is 2.30. The third-order valence-electron chi connectivity index (χ3n) is 3.36. The number of nitrogens with one attached hydrogen (secondary N) is 2. The van der Waals surface area contributed by atoms with Crippen LogP contribution < -0.4 is 10.6 Å². The molecule has 84 valence electrons. The van der Waals surface area contributed by atoms with Crippen LogP contribution in [-0.2, 0) is 9.59 Å². The summed E-state index contributed by atoms with van der Waals surface area (Å²) in [4.78, 5) is 22.7. The molecule has 2 aliphatic rings. The lowest BCUT2D eigenvalue weighted by molar-refractivity contribution is -0.130. The van der Waals surface area contributed by atoms with Gasteiger partial charge in [0.05, 0.1) is 5.92 Å². The lowest BCUT2D eigenvalue weighted by Gasteiger charge is -2.34. The second-order valence-corrected chi connectivity index (χ2v) is 4.82. The summed E-state index contributed by atoms with van der Waals surface area (Å²) >= 11 is 0. The summed E-state index contributed by atoms with van der Waals surface area (Å²) in [5.41, 5.74) is 0. The number of amides is 2. The summed E-state index contributed by atoms with van der Waals surface area (Å²) in [7, 11) is 0.